The third-order valence-corrected chi connectivity index (χ3v) is 3.16. The molecule has 1 aliphatic rings. The number of benzene rings is 1. The van der Waals surface area contributed by atoms with Gasteiger partial charge in [-0.15, -0.1) is 0 Å². The van der Waals surface area contributed by atoms with Gasteiger partial charge in [-0.1, -0.05) is 0 Å². The fraction of sp³-hybridized carbons (Fsp3) is 0.500. The Morgan fingerprint density at radius 2 is 1.88 bits per heavy atom. The van der Waals surface area contributed by atoms with Crippen molar-refractivity contribution in [1.29, 1.82) is 0 Å². The summed E-state index contributed by atoms with van der Waals surface area (Å²) in [6.07, 6.45) is 1.93. The van der Waals surface area contributed by atoms with Crippen molar-refractivity contribution in [3.05, 3.63) is 35.4 Å². The second kappa shape index (κ2) is 4.47. The Hall–Kier alpha value is -1.00. The van der Waals surface area contributed by atoms with Gasteiger partial charge in [0, 0.05) is 18.2 Å². The monoisotopic (exact) mass is 226 g/mol. The van der Waals surface area contributed by atoms with Crippen LogP contribution in [0.5, 0.6) is 0 Å². The van der Waals surface area contributed by atoms with E-state index >= 15 is 0 Å². The molecule has 2 rings (SSSR count). The highest BCUT2D eigenvalue weighted by molar-refractivity contribution is 5.23. The highest BCUT2D eigenvalue weighted by Gasteiger charge is 2.28. The zero-order valence-electron chi connectivity index (χ0n) is 9.29. The van der Waals surface area contributed by atoms with Crippen molar-refractivity contribution in [1.82, 2.24) is 4.90 Å². The summed E-state index contributed by atoms with van der Waals surface area (Å²) >= 11 is 0. The van der Waals surface area contributed by atoms with Crippen LogP contribution in [-0.2, 0) is 0 Å². The number of nitrogens with zero attached hydrogens (tertiary/aromatic N) is 1. The van der Waals surface area contributed by atoms with E-state index in [1.807, 2.05) is 7.05 Å². The Bertz CT molecular complexity index is 351. The minimum Gasteiger partial charge on any atom is -0.326 e. The van der Waals surface area contributed by atoms with E-state index in [0.29, 0.717) is 5.56 Å². The van der Waals surface area contributed by atoms with Crippen LogP contribution in [0.25, 0.3) is 0 Å². The Morgan fingerprint density at radius 3 is 2.44 bits per heavy atom. The molecule has 0 spiro atoms. The first-order chi connectivity index (χ1) is 7.58. The van der Waals surface area contributed by atoms with Crippen molar-refractivity contribution in [2.24, 2.45) is 5.73 Å². The molecule has 1 aliphatic heterocycles. The van der Waals surface area contributed by atoms with Gasteiger partial charge in [0.25, 0.3) is 0 Å². The minimum atomic E-state index is -0.541. The van der Waals surface area contributed by atoms with Gasteiger partial charge in [-0.05, 0) is 44.1 Å². The highest BCUT2D eigenvalue weighted by atomic mass is 19.1. The van der Waals surface area contributed by atoms with Crippen LogP contribution in [0, 0.1) is 11.6 Å². The maximum atomic E-state index is 13.1. The van der Waals surface area contributed by atoms with Gasteiger partial charge in [0.1, 0.15) is 11.6 Å². The fourth-order valence-corrected chi connectivity index (χ4v) is 2.45. The summed E-state index contributed by atoms with van der Waals surface area (Å²) < 4.78 is 26.3. The maximum Gasteiger partial charge on any atom is 0.126 e. The number of nitrogens with two attached hydrogens (primary N) is 1. The summed E-state index contributed by atoms with van der Waals surface area (Å²) in [5, 5.41) is 0. The SMILES string of the molecule is CN1CCCC(N)C1c1cc(F)cc(F)c1. The summed E-state index contributed by atoms with van der Waals surface area (Å²) in [6.45, 7) is 0.913. The largest absolute Gasteiger partial charge is 0.326 e. The summed E-state index contributed by atoms with van der Waals surface area (Å²) in [5.74, 6) is -1.08. The number of rotatable bonds is 1. The molecule has 2 unspecified atom stereocenters. The molecular weight excluding hydrogens is 210 g/mol. The van der Waals surface area contributed by atoms with Crippen LogP contribution >= 0.6 is 0 Å². The molecule has 16 heavy (non-hydrogen) atoms. The molecule has 1 saturated heterocycles. The molecule has 0 saturated carbocycles. The van der Waals surface area contributed by atoms with Crippen molar-refractivity contribution in [3.8, 4) is 0 Å². The molecule has 0 radical (unpaired) electrons. The van der Waals surface area contributed by atoms with Crippen LogP contribution in [0.15, 0.2) is 18.2 Å². The van der Waals surface area contributed by atoms with E-state index in [-0.39, 0.29) is 12.1 Å². The summed E-state index contributed by atoms with van der Waals surface area (Å²) in [5.41, 5.74) is 6.65. The van der Waals surface area contributed by atoms with E-state index < -0.39 is 11.6 Å². The summed E-state index contributed by atoms with van der Waals surface area (Å²) in [6, 6.07) is 3.49. The van der Waals surface area contributed by atoms with Gasteiger partial charge < -0.3 is 5.73 Å². The van der Waals surface area contributed by atoms with E-state index in [1.54, 1.807) is 0 Å². The lowest BCUT2D eigenvalue weighted by Crippen LogP contribution is -2.43. The van der Waals surface area contributed by atoms with Crippen molar-refractivity contribution < 1.29 is 8.78 Å². The third kappa shape index (κ3) is 2.23. The van der Waals surface area contributed by atoms with Crippen LogP contribution in [0.3, 0.4) is 0 Å². The van der Waals surface area contributed by atoms with Crippen LogP contribution in [0.1, 0.15) is 24.4 Å². The molecule has 2 N–H and O–H groups in total. The zero-order valence-corrected chi connectivity index (χ0v) is 9.29. The van der Waals surface area contributed by atoms with Crippen molar-refractivity contribution in [2.75, 3.05) is 13.6 Å². The highest BCUT2D eigenvalue weighted by Crippen LogP contribution is 2.29. The van der Waals surface area contributed by atoms with Crippen LogP contribution in [0.4, 0.5) is 8.78 Å². The second-order valence-corrected chi connectivity index (χ2v) is 4.43. The number of hydrogen-bond donors (Lipinski definition) is 1. The van der Waals surface area contributed by atoms with E-state index in [4.69, 9.17) is 5.73 Å². The maximum absolute atomic E-state index is 13.1. The van der Waals surface area contributed by atoms with Crippen molar-refractivity contribution in [3.63, 3.8) is 0 Å². The molecule has 1 aromatic rings. The summed E-state index contributed by atoms with van der Waals surface area (Å²) in [7, 11) is 1.94. The molecule has 2 atom stereocenters. The van der Waals surface area contributed by atoms with Crippen molar-refractivity contribution in [2.45, 2.75) is 24.9 Å². The Morgan fingerprint density at radius 1 is 1.25 bits per heavy atom. The standard InChI is InChI=1S/C12H16F2N2/c1-16-4-2-3-11(15)12(16)8-5-9(13)7-10(14)6-8/h5-7,11-12H,2-4,15H2,1H3. The molecular formula is C12H16F2N2. The van der Waals surface area contributed by atoms with Gasteiger partial charge >= 0.3 is 0 Å². The van der Waals surface area contributed by atoms with Gasteiger partial charge in [-0.3, -0.25) is 4.90 Å². The van der Waals surface area contributed by atoms with E-state index in [2.05, 4.69) is 4.90 Å². The predicted octanol–water partition coefficient (Wildman–Crippen LogP) is 2.06. The Kier molecular flexibility index (Phi) is 3.21. The lowest BCUT2D eigenvalue weighted by atomic mass is 9.91. The molecule has 1 fully saturated rings. The van der Waals surface area contributed by atoms with Gasteiger partial charge in [-0.25, -0.2) is 8.78 Å². The predicted molar refractivity (Wildman–Crippen MR) is 58.9 cm³/mol. The topological polar surface area (TPSA) is 29.3 Å². The van der Waals surface area contributed by atoms with Gasteiger partial charge in [0.05, 0.1) is 0 Å². The van der Waals surface area contributed by atoms with E-state index in [1.165, 1.54) is 12.1 Å². The van der Waals surface area contributed by atoms with Gasteiger partial charge in [-0.2, -0.15) is 0 Å². The van der Waals surface area contributed by atoms with Gasteiger partial charge in [0.15, 0.2) is 0 Å². The first kappa shape index (κ1) is 11.5. The third-order valence-electron chi connectivity index (χ3n) is 3.16. The average Bonchev–Trinajstić information content (AvgIpc) is 2.15. The molecule has 1 heterocycles. The number of hydrogen-bond acceptors (Lipinski definition) is 2. The lowest BCUT2D eigenvalue weighted by molar-refractivity contribution is 0.162. The average molecular weight is 226 g/mol. The smallest absolute Gasteiger partial charge is 0.126 e. The quantitative estimate of drug-likeness (QED) is 0.794. The molecule has 0 aromatic heterocycles. The normalized spacial score (nSPS) is 27.0. The number of likely N-dealkylation sites (tertiary alicyclic amines) is 1. The molecule has 0 amide bonds. The number of halogens is 2. The lowest BCUT2D eigenvalue weighted by Gasteiger charge is -2.37. The van der Waals surface area contributed by atoms with E-state index in [0.717, 1.165) is 25.5 Å². The first-order valence-corrected chi connectivity index (χ1v) is 5.50. The van der Waals surface area contributed by atoms with Crippen LogP contribution < -0.4 is 5.73 Å². The summed E-state index contributed by atoms with van der Waals surface area (Å²) in [4.78, 5) is 2.06. The fourth-order valence-electron chi connectivity index (χ4n) is 2.45. The zero-order chi connectivity index (χ0) is 11.7. The molecule has 4 heteroatoms. The van der Waals surface area contributed by atoms with Gasteiger partial charge in [0.2, 0.25) is 0 Å². The second-order valence-electron chi connectivity index (χ2n) is 4.43. The van der Waals surface area contributed by atoms with Crippen LogP contribution in [-0.4, -0.2) is 24.5 Å². The Balaban J connectivity index is 2.33. The molecule has 2 nitrogen and oxygen atoms in total. The molecule has 1 aromatic carbocycles. The van der Waals surface area contributed by atoms with E-state index in [9.17, 15) is 8.78 Å². The van der Waals surface area contributed by atoms with Crippen LogP contribution in [0.2, 0.25) is 0 Å². The minimum absolute atomic E-state index is 0.0556. The molecule has 0 aliphatic carbocycles. The molecule has 88 valence electrons. The number of piperidine rings is 1. The number of likely N-dealkylation sites (N-methyl/N-ethyl adjacent to an activating group) is 1. The first-order valence-electron chi connectivity index (χ1n) is 5.50. The molecule has 0 bridgehead atoms. The van der Waals surface area contributed by atoms with Crippen molar-refractivity contribution >= 4 is 0 Å². The Labute approximate surface area is 94.0 Å².